The van der Waals surface area contributed by atoms with Gasteiger partial charge in [0.15, 0.2) is 11.5 Å². The summed E-state index contributed by atoms with van der Waals surface area (Å²) in [5, 5.41) is 9.56. The number of aromatic nitrogens is 4. The van der Waals surface area contributed by atoms with Crippen LogP contribution in [-0.2, 0) is 16.1 Å². The number of rotatable bonds is 3. The van der Waals surface area contributed by atoms with Gasteiger partial charge in [-0.25, -0.2) is 19.7 Å². The molecule has 1 aliphatic heterocycles. The van der Waals surface area contributed by atoms with Crippen molar-refractivity contribution in [2.45, 2.75) is 50.7 Å². The highest BCUT2D eigenvalue weighted by atomic mass is 16.4. The fraction of sp³-hybridized carbons (Fsp3) is 0.562. The van der Waals surface area contributed by atoms with Gasteiger partial charge in [-0.05, 0) is 25.2 Å². The molecule has 0 bridgehead atoms. The number of imidazole rings is 1. The second-order valence-corrected chi connectivity index (χ2v) is 6.81. The lowest BCUT2D eigenvalue weighted by Crippen LogP contribution is -2.47. The number of likely N-dealkylation sites (tertiary alicyclic amines) is 1. The van der Waals surface area contributed by atoms with E-state index in [4.69, 9.17) is 5.73 Å². The Hall–Kier alpha value is -2.71. The zero-order valence-corrected chi connectivity index (χ0v) is 13.7. The Bertz CT molecular complexity index is 834. The third-order valence-electron chi connectivity index (χ3n) is 5.40. The molecule has 2 aromatic rings. The van der Waals surface area contributed by atoms with Gasteiger partial charge in [-0.1, -0.05) is 12.8 Å². The molecule has 3 N–H and O–H groups in total. The molecule has 9 heteroatoms. The standard InChI is InChI=1S/C16H20N6O3/c17-14-13-15(19-7-18-14)21(8-20-13)6-12(23)22-10-4-2-1-3-9(10)5-11(22)16(24)25/h7-11H,1-6H2,(H,24,25)(H2,17,18,19). The molecule has 3 heterocycles. The van der Waals surface area contributed by atoms with Crippen LogP contribution in [0.4, 0.5) is 5.82 Å². The number of fused-ring (bicyclic) bond motifs is 2. The van der Waals surface area contributed by atoms with Crippen molar-refractivity contribution in [2.24, 2.45) is 5.92 Å². The van der Waals surface area contributed by atoms with Crippen LogP contribution in [0, 0.1) is 5.92 Å². The molecule has 0 aromatic carbocycles. The first-order chi connectivity index (χ1) is 12.1. The number of nitrogens with two attached hydrogens (primary N) is 1. The van der Waals surface area contributed by atoms with Crippen molar-refractivity contribution < 1.29 is 14.7 Å². The predicted molar refractivity (Wildman–Crippen MR) is 88.4 cm³/mol. The van der Waals surface area contributed by atoms with Gasteiger partial charge in [-0.3, -0.25) is 4.79 Å². The van der Waals surface area contributed by atoms with E-state index in [1.165, 1.54) is 12.7 Å². The number of amides is 1. The smallest absolute Gasteiger partial charge is 0.326 e. The van der Waals surface area contributed by atoms with Crippen LogP contribution in [-0.4, -0.2) is 53.5 Å². The minimum atomic E-state index is -0.926. The van der Waals surface area contributed by atoms with E-state index in [2.05, 4.69) is 15.0 Å². The molecule has 2 fully saturated rings. The molecule has 1 saturated carbocycles. The summed E-state index contributed by atoms with van der Waals surface area (Å²) in [5.74, 6) is -0.590. The number of nitrogen functional groups attached to an aromatic ring is 1. The lowest BCUT2D eigenvalue weighted by molar-refractivity contribution is -0.150. The molecule has 0 radical (unpaired) electrons. The molecule has 2 aliphatic rings. The quantitative estimate of drug-likeness (QED) is 0.837. The zero-order valence-electron chi connectivity index (χ0n) is 13.7. The molecule has 2 aromatic heterocycles. The number of carboxylic acids is 1. The molecule has 132 valence electrons. The van der Waals surface area contributed by atoms with E-state index in [0.29, 0.717) is 17.6 Å². The van der Waals surface area contributed by atoms with Gasteiger partial charge in [0.1, 0.15) is 24.4 Å². The van der Waals surface area contributed by atoms with E-state index >= 15 is 0 Å². The lowest BCUT2D eigenvalue weighted by atomic mass is 9.85. The highest BCUT2D eigenvalue weighted by Crippen LogP contribution is 2.40. The normalized spacial score (nSPS) is 25.9. The van der Waals surface area contributed by atoms with Gasteiger partial charge in [0.05, 0.1) is 6.33 Å². The molecule has 25 heavy (non-hydrogen) atoms. The summed E-state index contributed by atoms with van der Waals surface area (Å²) >= 11 is 0. The summed E-state index contributed by atoms with van der Waals surface area (Å²) in [5.41, 5.74) is 6.70. The molecule has 3 atom stereocenters. The Morgan fingerprint density at radius 3 is 2.84 bits per heavy atom. The van der Waals surface area contributed by atoms with Gasteiger partial charge in [-0.2, -0.15) is 0 Å². The summed E-state index contributed by atoms with van der Waals surface area (Å²) in [6.07, 6.45) is 7.39. The Labute approximate surface area is 143 Å². The molecule has 1 aliphatic carbocycles. The van der Waals surface area contributed by atoms with Gasteiger partial charge in [0.25, 0.3) is 0 Å². The Morgan fingerprint density at radius 1 is 1.24 bits per heavy atom. The lowest BCUT2D eigenvalue weighted by Gasteiger charge is -2.33. The topological polar surface area (TPSA) is 127 Å². The van der Waals surface area contributed by atoms with Gasteiger partial charge >= 0.3 is 5.97 Å². The fourth-order valence-corrected chi connectivity index (χ4v) is 4.28. The first-order valence-electron chi connectivity index (χ1n) is 8.51. The average molecular weight is 344 g/mol. The molecular formula is C16H20N6O3. The van der Waals surface area contributed by atoms with Crippen LogP contribution in [0.5, 0.6) is 0 Å². The van der Waals surface area contributed by atoms with Crippen LogP contribution >= 0.6 is 0 Å². The van der Waals surface area contributed by atoms with Gasteiger partial charge < -0.3 is 20.3 Å². The number of carbonyl (C=O) groups excluding carboxylic acids is 1. The molecular weight excluding hydrogens is 324 g/mol. The number of anilines is 1. The van der Waals surface area contributed by atoms with E-state index < -0.39 is 12.0 Å². The number of hydrogen-bond acceptors (Lipinski definition) is 6. The van der Waals surface area contributed by atoms with E-state index in [1.807, 2.05) is 0 Å². The van der Waals surface area contributed by atoms with Gasteiger partial charge in [-0.15, -0.1) is 0 Å². The third kappa shape index (κ3) is 2.59. The summed E-state index contributed by atoms with van der Waals surface area (Å²) < 4.78 is 1.60. The van der Waals surface area contributed by atoms with Gasteiger partial charge in [0.2, 0.25) is 5.91 Å². The largest absolute Gasteiger partial charge is 0.480 e. The highest BCUT2D eigenvalue weighted by molar-refractivity contribution is 5.86. The monoisotopic (exact) mass is 344 g/mol. The number of aliphatic carboxylic acids is 1. The van der Waals surface area contributed by atoms with Crippen LogP contribution in [0.2, 0.25) is 0 Å². The first kappa shape index (κ1) is 15.8. The first-order valence-corrected chi connectivity index (χ1v) is 8.51. The Morgan fingerprint density at radius 2 is 2.04 bits per heavy atom. The summed E-state index contributed by atoms with van der Waals surface area (Å²) in [6.45, 7) is -0.0000463. The predicted octanol–water partition coefficient (Wildman–Crippen LogP) is 0.653. The zero-order chi connectivity index (χ0) is 17.6. The minimum Gasteiger partial charge on any atom is -0.480 e. The fourth-order valence-electron chi connectivity index (χ4n) is 4.28. The van der Waals surface area contributed by atoms with Crippen molar-refractivity contribution in [3.8, 4) is 0 Å². The van der Waals surface area contributed by atoms with Crippen molar-refractivity contribution >= 4 is 28.9 Å². The van der Waals surface area contributed by atoms with Crippen LogP contribution in [0.25, 0.3) is 11.2 Å². The molecule has 1 saturated heterocycles. The van der Waals surface area contributed by atoms with E-state index in [9.17, 15) is 14.7 Å². The van der Waals surface area contributed by atoms with Crippen molar-refractivity contribution in [2.75, 3.05) is 5.73 Å². The van der Waals surface area contributed by atoms with Crippen LogP contribution in [0.15, 0.2) is 12.7 Å². The van der Waals surface area contributed by atoms with Crippen molar-refractivity contribution in [1.29, 1.82) is 0 Å². The number of carboxylic acid groups (broad SMARTS) is 1. The SMILES string of the molecule is Nc1ncnc2c1ncn2CC(=O)N1C(C(=O)O)CC2CCCCC21. The molecule has 9 nitrogen and oxygen atoms in total. The van der Waals surface area contributed by atoms with E-state index in [0.717, 1.165) is 25.7 Å². The second kappa shape index (κ2) is 5.98. The number of hydrogen-bond donors (Lipinski definition) is 2. The maximum absolute atomic E-state index is 13.0. The summed E-state index contributed by atoms with van der Waals surface area (Å²) in [7, 11) is 0. The van der Waals surface area contributed by atoms with Crippen LogP contribution in [0.3, 0.4) is 0 Å². The van der Waals surface area contributed by atoms with E-state index in [-0.39, 0.29) is 30.2 Å². The van der Waals surface area contributed by atoms with Crippen LogP contribution in [0.1, 0.15) is 32.1 Å². The summed E-state index contributed by atoms with van der Waals surface area (Å²) in [6, 6.07) is -0.716. The van der Waals surface area contributed by atoms with Crippen LogP contribution < -0.4 is 5.73 Å². The molecule has 0 spiro atoms. The number of nitrogens with zero attached hydrogens (tertiary/aromatic N) is 5. The minimum absolute atomic E-state index is 0.0000463. The van der Waals surface area contributed by atoms with Crippen molar-refractivity contribution in [3.05, 3.63) is 12.7 Å². The third-order valence-corrected chi connectivity index (χ3v) is 5.40. The Balaban J connectivity index is 1.62. The molecule has 3 unspecified atom stereocenters. The average Bonchev–Trinajstić information content (AvgIpc) is 3.17. The molecule has 4 rings (SSSR count). The van der Waals surface area contributed by atoms with Crippen molar-refractivity contribution in [1.82, 2.24) is 24.4 Å². The van der Waals surface area contributed by atoms with Gasteiger partial charge in [0, 0.05) is 6.04 Å². The molecule has 1 amide bonds. The van der Waals surface area contributed by atoms with Crippen molar-refractivity contribution in [3.63, 3.8) is 0 Å². The Kier molecular flexibility index (Phi) is 3.78. The maximum Gasteiger partial charge on any atom is 0.326 e. The highest BCUT2D eigenvalue weighted by Gasteiger charge is 2.47. The summed E-state index contributed by atoms with van der Waals surface area (Å²) in [4.78, 5) is 38.4. The maximum atomic E-state index is 13.0. The number of carbonyl (C=O) groups is 2. The van der Waals surface area contributed by atoms with E-state index in [1.54, 1.807) is 9.47 Å². The second-order valence-electron chi connectivity index (χ2n) is 6.81.